The molecule has 0 aliphatic carbocycles. The summed E-state index contributed by atoms with van der Waals surface area (Å²) in [5, 5.41) is 67.9. The quantitative estimate of drug-likeness (QED) is 0.0138. The van der Waals surface area contributed by atoms with Gasteiger partial charge in [-0.2, -0.15) is 0 Å². The van der Waals surface area contributed by atoms with Gasteiger partial charge in [-0.15, -0.1) is 11.8 Å². The van der Waals surface area contributed by atoms with Crippen LogP contribution in [0.2, 0.25) is 0 Å². The zero-order chi connectivity index (χ0) is 53.2. The molecule has 0 unspecified atom stereocenters. The van der Waals surface area contributed by atoms with Gasteiger partial charge in [0, 0.05) is 25.6 Å². The largest absolute Gasteiger partial charge is 0.508 e. The molecule has 21 N–H and O–H groups in total. The third-order valence-corrected chi connectivity index (χ3v) is 10.6. The number of nitrogens with two attached hydrogens (primary N) is 4. The fourth-order valence-corrected chi connectivity index (χ4v) is 6.87. The van der Waals surface area contributed by atoms with E-state index in [-0.39, 0.29) is 67.4 Å². The van der Waals surface area contributed by atoms with Crippen molar-refractivity contribution < 1.29 is 73.5 Å². The standard InChI is InChI=1S/C41H67N13O15S/c1-19(2)12-28(40(68)69)51-37(65)29(15-55)52-38(66)30(16-56)53-39(67)32(20(3)57)54-36(64)27(14-31(43)60)50-34(62)25(6-5-11-46-41(44)45)48-35(63)26(13-22-7-9-23(59)10-8-22)49-33(61)24(42)17-70-18-47-21(4)58/h7-10,19-20,24-30,32,55-57,59H,5-6,11-18,42H2,1-4H3,(H2,43,60)(H,47,58)(H,48,63)(H,49,61)(H,50,62)(H,51,65)(H,52,66)(H,53,67)(H,54,64)(H,68,69)(H4,44,45,46)/t20-,24+,25+,26+,27+,28+,29+,30+,32+/m1/s1. The lowest BCUT2D eigenvalue weighted by molar-refractivity contribution is -0.143. The lowest BCUT2D eigenvalue weighted by atomic mass is 10.0. The zero-order valence-electron chi connectivity index (χ0n) is 39.1. The van der Waals surface area contributed by atoms with Gasteiger partial charge in [0.15, 0.2) is 5.96 Å². The number of guanidine groups is 1. The number of nitrogens with zero attached hydrogens (tertiary/aromatic N) is 1. The molecule has 9 atom stereocenters. The molecule has 1 rings (SSSR count). The molecule has 0 aromatic heterocycles. The normalized spacial score (nSPS) is 14.8. The Balaban J connectivity index is 3.39. The maximum Gasteiger partial charge on any atom is 0.326 e. The number of phenols is 1. The highest BCUT2D eigenvalue weighted by atomic mass is 32.2. The number of aliphatic carboxylic acids is 1. The van der Waals surface area contributed by atoms with Crippen LogP contribution in [0.5, 0.6) is 5.75 Å². The topological polar surface area (TPSA) is 485 Å². The molecule has 0 spiro atoms. The number of primary amides is 1. The summed E-state index contributed by atoms with van der Waals surface area (Å²) in [4.78, 5) is 133. The van der Waals surface area contributed by atoms with Crippen LogP contribution in [0.25, 0.3) is 0 Å². The molecule has 9 amide bonds. The number of benzene rings is 1. The van der Waals surface area contributed by atoms with E-state index in [4.69, 9.17) is 22.9 Å². The zero-order valence-corrected chi connectivity index (χ0v) is 40.0. The Labute approximate surface area is 407 Å². The highest BCUT2D eigenvalue weighted by molar-refractivity contribution is 7.99. The smallest absolute Gasteiger partial charge is 0.326 e. The predicted octanol–water partition coefficient (Wildman–Crippen LogP) is -7.09. The van der Waals surface area contributed by atoms with E-state index >= 15 is 0 Å². The van der Waals surface area contributed by atoms with Gasteiger partial charge in [0.25, 0.3) is 0 Å². The van der Waals surface area contributed by atoms with Crippen LogP contribution in [-0.4, -0.2) is 176 Å². The molecule has 392 valence electrons. The lowest BCUT2D eigenvalue weighted by Crippen LogP contribution is -2.62. The molecule has 1 aromatic rings. The third kappa shape index (κ3) is 23.5. The van der Waals surface area contributed by atoms with E-state index in [0.717, 1.165) is 18.7 Å². The number of carboxylic acids is 1. The van der Waals surface area contributed by atoms with Crippen molar-refractivity contribution in [3.8, 4) is 5.75 Å². The van der Waals surface area contributed by atoms with Crippen LogP contribution in [0.4, 0.5) is 0 Å². The van der Waals surface area contributed by atoms with Gasteiger partial charge < -0.3 is 91.0 Å². The first-order valence-electron chi connectivity index (χ1n) is 21.7. The van der Waals surface area contributed by atoms with E-state index in [1.54, 1.807) is 13.8 Å². The molecule has 1 aromatic carbocycles. The molecule has 0 heterocycles. The van der Waals surface area contributed by atoms with E-state index in [9.17, 15) is 73.5 Å². The fraction of sp³-hybridized carbons (Fsp3) is 0.585. The summed E-state index contributed by atoms with van der Waals surface area (Å²) in [6.07, 6.45) is -3.07. The summed E-state index contributed by atoms with van der Waals surface area (Å²) in [6.45, 7) is 3.51. The average Bonchev–Trinajstić information content (AvgIpc) is 3.27. The van der Waals surface area contributed by atoms with Crippen LogP contribution < -0.4 is 65.5 Å². The number of nitrogens with one attached hydrogen (secondary N) is 8. The van der Waals surface area contributed by atoms with Crippen molar-refractivity contribution in [2.45, 2.75) is 114 Å². The Kier molecular flexibility index (Phi) is 27.4. The van der Waals surface area contributed by atoms with Crippen molar-refractivity contribution >= 4 is 76.9 Å². The van der Waals surface area contributed by atoms with E-state index in [0.29, 0.717) is 5.56 Å². The first kappa shape index (κ1) is 61.2. The van der Waals surface area contributed by atoms with Crippen LogP contribution >= 0.6 is 11.8 Å². The molecular weight excluding hydrogens is 947 g/mol. The Morgan fingerprint density at radius 1 is 0.671 bits per heavy atom. The number of aliphatic imine (C=N–C) groups is 1. The Hall–Kier alpha value is -6.82. The molecule has 0 fully saturated rings. The molecule has 0 radical (unpaired) electrons. The van der Waals surface area contributed by atoms with Gasteiger partial charge in [-0.3, -0.25) is 48.1 Å². The second-order valence-corrected chi connectivity index (χ2v) is 17.3. The van der Waals surface area contributed by atoms with Crippen molar-refractivity contribution in [2.75, 3.05) is 31.4 Å². The van der Waals surface area contributed by atoms with Gasteiger partial charge >= 0.3 is 5.97 Å². The van der Waals surface area contributed by atoms with Crippen LogP contribution in [0.3, 0.4) is 0 Å². The van der Waals surface area contributed by atoms with Crippen molar-refractivity contribution in [3.05, 3.63) is 29.8 Å². The lowest BCUT2D eigenvalue weighted by Gasteiger charge is -2.28. The van der Waals surface area contributed by atoms with Crippen molar-refractivity contribution in [1.82, 2.24) is 42.5 Å². The first-order chi connectivity index (χ1) is 32.8. The minimum absolute atomic E-state index is 0.00169. The molecule has 0 saturated heterocycles. The minimum Gasteiger partial charge on any atom is -0.508 e. The monoisotopic (exact) mass is 1010 g/mol. The number of aliphatic hydroxyl groups is 3. The van der Waals surface area contributed by atoms with Gasteiger partial charge in [0.05, 0.1) is 37.7 Å². The number of carbonyl (C=O) groups excluding carboxylic acids is 9. The molecule has 0 aliphatic heterocycles. The third-order valence-electron chi connectivity index (χ3n) is 9.70. The summed E-state index contributed by atoms with van der Waals surface area (Å²) >= 11 is 1.13. The van der Waals surface area contributed by atoms with Crippen LogP contribution in [0, 0.1) is 5.92 Å². The summed E-state index contributed by atoms with van der Waals surface area (Å²) in [5.41, 5.74) is 22.8. The Morgan fingerprint density at radius 3 is 1.66 bits per heavy atom. The molecular formula is C41H67N13O15S. The number of hydrogen-bond acceptors (Lipinski definition) is 17. The number of carbonyl (C=O) groups is 10. The summed E-state index contributed by atoms with van der Waals surface area (Å²) in [5.74, 6) is -11.0. The molecule has 0 saturated carbocycles. The number of thioether (sulfide) groups is 1. The SMILES string of the molecule is CC(=O)NCSC[C@H](N)C(=O)N[C@@H](Cc1ccc(O)cc1)C(=O)N[C@@H](CCCN=C(N)N)C(=O)N[C@@H](CC(N)=O)C(=O)N[C@H](C(=O)N[C@@H](CO)C(=O)N[C@@H](CO)C(=O)N[C@@H](CC(C)C)C(=O)O)[C@@H](C)O. The maximum absolute atomic E-state index is 14.0. The summed E-state index contributed by atoms with van der Waals surface area (Å²) < 4.78 is 0. The Morgan fingerprint density at radius 2 is 1.16 bits per heavy atom. The number of amides is 9. The van der Waals surface area contributed by atoms with Gasteiger partial charge in [0.2, 0.25) is 53.2 Å². The van der Waals surface area contributed by atoms with Gasteiger partial charge in [-0.25, -0.2) is 4.79 Å². The molecule has 0 bridgehead atoms. The van der Waals surface area contributed by atoms with Gasteiger partial charge in [-0.05, 0) is 49.8 Å². The number of phenolic OH excluding ortho intramolecular Hbond substituents is 1. The molecule has 0 aliphatic rings. The first-order valence-corrected chi connectivity index (χ1v) is 22.9. The summed E-state index contributed by atoms with van der Waals surface area (Å²) in [6, 6.07) is -7.44. The minimum atomic E-state index is -1.97. The average molecular weight is 1010 g/mol. The number of hydrogen-bond donors (Lipinski definition) is 17. The Bertz CT molecular complexity index is 1990. The fourth-order valence-electron chi connectivity index (χ4n) is 6.04. The highest BCUT2D eigenvalue weighted by Crippen LogP contribution is 2.13. The van der Waals surface area contributed by atoms with E-state index in [1.807, 2.05) is 0 Å². The van der Waals surface area contributed by atoms with Crippen molar-refractivity contribution in [3.63, 3.8) is 0 Å². The number of aromatic hydroxyl groups is 1. The van der Waals surface area contributed by atoms with Crippen LogP contribution in [0.15, 0.2) is 29.3 Å². The molecule has 29 heteroatoms. The van der Waals surface area contributed by atoms with E-state index < -0.39 is 127 Å². The van der Waals surface area contributed by atoms with Gasteiger partial charge in [-0.1, -0.05) is 26.0 Å². The number of rotatable bonds is 32. The van der Waals surface area contributed by atoms with Crippen LogP contribution in [0.1, 0.15) is 58.9 Å². The second kappa shape index (κ2) is 31.3. The molecule has 28 nitrogen and oxygen atoms in total. The predicted molar refractivity (Wildman–Crippen MR) is 251 cm³/mol. The van der Waals surface area contributed by atoms with Crippen LogP contribution in [-0.2, 0) is 54.4 Å². The van der Waals surface area contributed by atoms with E-state index in [1.165, 1.54) is 31.2 Å². The number of carboxylic acid groups (broad SMARTS) is 1. The number of aliphatic hydroxyl groups excluding tert-OH is 3. The second-order valence-electron chi connectivity index (χ2n) is 16.3. The highest BCUT2D eigenvalue weighted by Gasteiger charge is 2.36. The van der Waals surface area contributed by atoms with E-state index in [2.05, 4.69) is 47.5 Å². The van der Waals surface area contributed by atoms with Gasteiger partial charge in [0.1, 0.15) is 48.0 Å². The van der Waals surface area contributed by atoms with Crippen molar-refractivity contribution in [2.24, 2.45) is 33.8 Å². The molecule has 70 heavy (non-hydrogen) atoms. The summed E-state index contributed by atoms with van der Waals surface area (Å²) in [7, 11) is 0. The maximum atomic E-state index is 14.0. The van der Waals surface area contributed by atoms with Crippen molar-refractivity contribution in [1.29, 1.82) is 0 Å².